The lowest BCUT2D eigenvalue weighted by Crippen LogP contribution is -2.31. The van der Waals surface area contributed by atoms with Crippen LogP contribution < -0.4 is 4.90 Å². The van der Waals surface area contributed by atoms with E-state index in [4.69, 9.17) is 4.42 Å². The summed E-state index contributed by atoms with van der Waals surface area (Å²) in [4.78, 5) is 15.1. The molecule has 4 nitrogen and oxygen atoms in total. The van der Waals surface area contributed by atoms with E-state index < -0.39 is 0 Å². The van der Waals surface area contributed by atoms with Gasteiger partial charge in [-0.05, 0) is 17.7 Å². The number of amides is 1. The molecule has 1 amide bonds. The number of benzene rings is 2. The minimum absolute atomic E-state index is 0.0519. The van der Waals surface area contributed by atoms with Crippen LogP contribution in [0.2, 0.25) is 0 Å². The van der Waals surface area contributed by atoms with Gasteiger partial charge in [0.05, 0.1) is 18.3 Å². The quantitative estimate of drug-likeness (QED) is 0.548. The Kier molecular flexibility index (Phi) is 3.86. The number of furan rings is 1. The zero-order valence-electron chi connectivity index (χ0n) is 13.9. The van der Waals surface area contributed by atoms with Crippen LogP contribution in [0.25, 0.3) is 11.1 Å². The largest absolute Gasteiger partial charge is 0.463 e. The summed E-state index contributed by atoms with van der Waals surface area (Å²) in [5.74, 6) is -0.0519. The number of aromatic nitrogens is 1. The highest BCUT2D eigenvalue weighted by molar-refractivity contribution is 6.07. The van der Waals surface area contributed by atoms with Crippen molar-refractivity contribution < 1.29 is 9.21 Å². The van der Waals surface area contributed by atoms with Gasteiger partial charge >= 0.3 is 0 Å². The van der Waals surface area contributed by atoms with Gasteiger partial charge in [0.25, 0.3) is 5.91 Å². The number of aryl methyl sites for hydroxylation is 1. The molecule has 25 heavy (non-hydrogen) atoms. The Balaban J connectivity index is 1.75. The van der Waals surface area contributed by atoms with E-state index in [2.05, 4.69) is 0 Å². The smallest absolute Gasteiger partial charge is 0.275 e. The molecule has 0 unspecified atom stereocenters. The predicted molar refractivity (Wildman–Crippen MR) is 98.6 cm³/mol. The van der Waals surface area contributed by atoms with Crippen molar-refractivity contribution in [2.45, 2.75) is 6.54 Å². The third-order valence-corrected chi connectivity index (χ3v) is 4.38. The lowest BCUT2D eigenvalue weighted by Gasteiger charge is -2.23. The van der Waals surface area contributed by atoms with Crippen LogP contribution in [-0.2, 0) is 13.6 Å². The van der Waals surface area contributed by atoms with Gasteiger partial charge < -0.3 is 13.9 Å². The van der Waals surface area contributed by atoms with Gasteiger partial charge in [0.2, 0.25) is 0 Å². The Morgan fingerprint density at radius 1 is 1.00 bits per heavy atom. The molecule has 124 valence electrons. The number of para-hydroxylation sites is 1. The number of rotatable bonds is 4. The van der Waals surface area contributed by atoms with Gasteiger partial charge in [-0.3, -0.25) is 4.79 Å². The molecule has 0 atom stereocenters. The number of nitrogens with zero attached hydrogens (tertiary/aromatic N) is 2. The molecule has 4 heteroatoms. The van der Waals surface area contributed by atoms with E-state index in [0.29, 0.717) is 12.2 Å². The van der Waals surface area contributed by atoms with E-state index in [0.717, 1.165) is 22.4 Å². The van der Waals surface area contributed by atoms with E-state index in [1.165, 1.54) is 0 Å². The zero-order valence-corrected chi connectivity index (χ0v) is 13.9. The summed E-state index contributed by atoms with van der Waals surface area (Å²) in [5, 5.41) is 0. The number of hydrogen-bond acceptors (Lipinski definition) is 2. The van der Waals surface area contributed by atoms with Crippen molar-refractivity contribution in [2.75, 3.05) is 4.90 Å². The fourth-order valence-corrected chi connectivity index (χ4v) is 3.05. The summed E-state index contributed by atoms with van der Waals surface area (Å²) in [6.45, 7) is 0.510. The highest BCUT2D eigenvalue weighted by atomic mass is 16.3. The summed E-state index contributed by atoms with van der Waals surface area (Å²) in [6, 6.07) is 23.4. The first kappa shape index (κ1) is 15.3. The molecule has 0 aliphatic heterocycles. The van der Waals surface area contributed by atoms with Gasteiger partial charge in [0, 0.05) is 24.9 Å². The Morgan fingerprint density at radius 2 is 1.68 bits per heavy atom. The van der Waals surface area contributed by atoms with E-state index in [-0.39, 0.29) is 5.91 Å². The first-order chi connectivity index (χ1) is 12.2. The molecule has 0 N–H and O–H groups in total. The highest BCUT2D eigenvalue weighted by Crippen LogP contribution is 2.24. The van der Waals surface area contributed by atoms with Crippen LogP contribution in [0.5, 0.6) is 0 Å². The summed E-state index contributed by atoms with van der Waals surface area (Å²) in [5.41, 5.74) is 4.19. The third kappa shape index (κ3) is 2.83. The van der Waals surface area contributed by atoms with Crippen LogP contribution >= 0.6 is 0 Å². The molecular formula is C21H18N2O2. The van der Waals surface area contributed by atoms with Crippen LogP contribution in [0.3, 0.4) is 0 Å². The predicted octanol–water partition coefficient (Wildman–Crippen LogP) is 4.62. The third-order valence-electron chi connectivity index (χ3n) is 4.38. The fraction of sp³-hybridized carbons (Fsp3) is 0.0952. The van der Waals surface area contributed by atoms with Crippen molar-refractivity contribution in [3.8, 4) is 0 Å². The molecule has 4 rings (SSSR count). The van der Waals surface area contributed by atoms with E-state index in [1.807, 2.05) is 78.3 Å². The number of carbonyl (C=O) groups is 1. The van der Waals surface area contributed by atoms with Gasteiger partial charge in [-0.2, -0.15) is 0 Å². The van der Waals surface area contributed by atoms with Crippen LogP contribution in [0.15, 0.2) is 83.5 Å². The fourth-order valence-electron chi connectivity index (χ4n) is 3.05. The van der Waals surface area contributed by atoms with Gasteiger partial charge in [-0.15, -0.1) is 0 Å². The van der Waals surface area contributed by atoms with Gasteiger partial charge in [0.1, 0.15) is 5.69 Å². The molecule has 2 heterocycles. The number of carbonyl (C=O) groups excluding carboxylic acids is 1. The zero-order chi connectivity index (χ0) is 17.2. The second-order valence-electron chi connectivity index (χ2n) is 5.97. The molecule has 4 aromatic rings. The van der Waals surface area contributed by atoms with Crippen molar-refractivity contribution in [1.29, 1.82) is 0 Å². The molecule has 0 radical (unpaired) electrons. The Bertz CT molecular complexity index is 1000. The van der Waals surface area contributed by atoms with Crippen molar-refractivity contribution in [3.05, 3.63) is 90.3 Å². The molecule has 0 aliphatic carbocycles. The van der Waals surface area contributed by atoms with E-state index in [1.54, 1.807) is 17.2 Å². The maximum absolute atomic E-state index is 13.3. The number of hydrogen-bond donors (Lipinski definition) is 0. The molecule has 2 aromatic carbocycles. The molecule has 0 fully saturated rings. The number of anilines is 1. The summed E-state index contributed by atoms with van der Waals surface area (Å²) < 4.78 is 7.32. The van der Waals surface area contributed by atoms with Crippen molar-refractivity contribution >= 4 is 22.7 Å². The standard InChI is InChI=1S/C21H18N2O2/c1-22-18-12-13-25-20(18)14-19(22)21(24)23(17-10-6-3-7-11-17)15-16-8-4-2-5-9-16/h2-14H,15H2,1H3. The van der Waals surface area contributed by atoms with Crippen LogP contribution in [0, 0.1) is 0 Å². The summed E-state index contributed by atoms with van der Waals surface area (Å²) in [6.07, 6.45) is 1.64. The van der Waals surface area contributed by atoms with Crippen LogP contribution in [-0.4, -0.2) is 10.5 Å². The van der Waals surface area contributed by atoms with Crippen LogP contribution in [0.4, 0.5) is 5.69 Å². The van der Waals surface area contributed by atoms with E-state index >= 15 is 0 Å². The Hall–Kier alpha value is -3.27. The molecule has 0 aliphatic rings. The van der Waals surface area contributed by atoms with Gasteiger partial charge in [-0.1, -0.05) is 48.5 Å². The van der Waals surface area contributed by atoms with Gasteiger partial charge in [0.15, 0.2) is 5.58 Å². The molecule has 2 aromatic heterocycles. The average Bonchev–Trinajstić information content (AvgIpc) is 3.24. The van der Waals surface area contributed by atoms with Gasteiger partial charge in [-0.25, -0.2) is 0 Å². The summed E-state index contributed by atoms with van der Waals surface area (Å²) in [7, 11) is 1.89. The Labute approximate surface area is 145 Å². The molecule has 0 saturated carbocycles. The lowest BCUT2D eigenvalue weighted by atomic mass is 10.2. The maximum Gasteiger partial charge on any atom is 0.275 e. The topological polar surface area (TPSA) is 38.4 Å². The summed E-state index contributed by atoms with van der Waals surface area (Å²) >= 11 is 0. The molecular weight excluding hydrogens is 312 g/mol. The minimum atomic E-state index is -0.0519. The number of fused-ring (bicyclic) bond motifs is 1. The second-order valence-corrected chi connectivity index (χ2v) is 5.97. The van der Waals surface area contributed by atoms with Crippen molar-refractivity contribution in [2.24, 2.45) is 7.05 Å². The minimum Gasteiger partial charge on any atom is -0.463 e. The normalized spacial score (nSPS) is 10.9. The van der Waals surface area contributed by atoms with Crippen LogP contribution in [0.1, 0.15) is 16.1 Å². The van der Waals surface area contributed by atoms with Crippen molar-refractivity contribution in [3.63, 3.8) is 0 Å². The van der Waals surface area contributed by atoms with Crippen molar-refractivity contribution in [1.82, 2.24) is 4.57 Å². The first-order valence-electron chi connectivity index (χ1n) is 8.18. The second kappa shape index (κ2) is 6.32. The Morgan fingerprint density at radius 3 is 2.36 bits per heavy atom. The maximum atomic E-state index is 13.3. The molecule has 0 spiro atoms. The average molecular weight is 330 g/mol. The highest BCUT2D eigenvalue weighted by Gasteiger charge is 2.22. The SMILES string of the molecule is Cn1c(C(=O)N(Cc2ccccc2)c2ccccc2)cc2occc21. The molecule has 0 saturated heterocycles. The monoisotopic (exact) mass is 330 g/mol. The molecule has 0 bridgehead atoms. The first-order valence-corrected chi connectivity index (χ1v) is 8.18. The lowest BCUT2D eigenvalue weighted by molar-refractivity contribution is 0.0977. The van der Waals surface area contributed by atoms with E-state index in [9.17, 15) is 4.79 Å².